The van der Waals surface area contributed by atoms with Gasteiger partial charge >= 0.3 is 12.6 Å². The van der Waals surface area contributed by atoms with E-state index < -0.39 is 30.4 Å². The zero-order valence-corrected chi connectivity index (χ0v) is 20.9. The van der Waals surface area contributed by atoms with Gasteiger partial charge in [0.25, 0.3) is 5.91 Å². The smallest absolute Gasteiger partial charge is 0.387 e. The van der Waals surface area contributed by atoms with Crippen molar-refractivity contribution < 1.29 is 37.4 Å². The number of anilines is 1. The predicted octanol–water partition coefficient (Wildman–Crippen LogP) is 5.58. The van der Waals surface area contributed by atoms with E-state index in [1.54, 1.807) is 38.1 Å². The SMILES string of the molecule is CCC(C(=O)O)c1ccc(NC(=O)c2nc(-c3ccc(OC(F)F)c(OCC4CC4)c3)oc2C(C)N)cc1. The first kappa shape index (κ1) is 27.1. The highest BCUT2D eigenvalue weighted by Crippen LogP contribution is 2.37. The number of amides is 1. The highest BCUT2D eigenvalue weighted by atomic mass is 19.3. The predicted molar refractivity (Wildman–Crippen MR) is 134 cm³/mol. The van der Waals surface area contributed by atoms with E-state index in [2.05, 4.69) is 15.0 Å². The first-order chi connectivity index (χ1) is 18.2. The normalized spacial score (nSPS) is 14.7. The van der Waals surface area contributed by atoms with Gasteiger partial charge in [-0.1, -0.05) is 19.1 Å². The maximum absolute atomic E-state index is 13.1. The van der Waals surface area contributed by atoms with Crippen molar-refractivity contribution in [2.24, 2.45) is 11.7 Å². The average molecular weight is 530 g/mol. The van der Waals surface area contributed by atoms with Gasteiger partial charge in [0.15, 0.2) is 23.0 Å². The summed E-state index contributed by atoms with van der Waals surface area (Å²) in [4.78, 5) is 28.8. The van der Waals surface area contributed by atoms with E-state index in [1.807, 2.05) is 0 Å². The van der Waals surface area contributed by atoms with E-state index in [0.717, 1.165) is 12.8 Å². The molecule has 202 valence electrons. The van der Waals surface area contributed by atoms with Gasteiger partial charge in [-0.05, 0) is 68.0 Å². The summed E-state index contributed by atoms with van der Waals surface area (Å²) in [5, 5.41) is 12.1. The molecular weight excluding hydrogens is 500 g/mol. The average Bonchev–Trinajstić information content (AvgIpc) is 3.59. The molecule has 4 N–H and O–H groups in total. The molecule has 9 nitrogen and oxygen atoms in total. The summed E-state index contributed by atoms with van der Waals surface area (Å²) in [6, 6.07) is 10.1. The van der Waals surface area contributed by atoms with Gasteiger partial charge in [-0.25, -0.2) is 4.98 Å². The van der Waals surface area contributed by atoms with Gasteiger partial charge in [-0.3, -0.25) is 9.59 Å². The number of nitrogens with two attached hydrogens (primary N) is 1. The third-order valence-electron chi connectivity index (χ3n) is 6.14. The molecule has 3 aromatic rings. The number of carbonyl (C=O) groups is 2. The van der Waals surface area contributed by atoms with Gasteiger partial charge in [0.05, 0.1) is 18.6 Å². The molecule has 1 amide bonds. The van der Waals surface area contributed by atoms with Crippen LogP contribution >= 0.6 is 0 Å². The Kier molecular flexibility index (Phi) is 8.26. The second kappa shape index (κ2) is 11.6. The lowest BCUT2D eigenvalue weighted by Gasteiger charge is -2.12. The summed E-state index contributed by atoms with van der Waals surface area (Å²) in [6.07, 6.45) is 2.47. The Bertz CT molecular complexity index is 1290. The van der Waals surface area contributed by atoms with Crippen LogP contribution in [0, 0.1) is 5.92 Å². The second-order valence-corrected chi connectivity index (χ2v) is 9.19. The van der Waals surface area contributed by atoms with E-state index in [9.17, 15) is 23.5 Å². The third-order valence-corrected chi connectivity index (χ3v) is 6.14. The number of ether oxygens (including phenoxy) is 2. The molecule has 0 spiro atoms. The molecular formula is C27H29F2N3O6. The Hall–Kier alpha value is -3.99. The van der Waals surface area contributed by atoms with Crippen molar-refractivity contribution in [3.63, 3.8) is 0 Å². The highest BCUT2D eigenvalue weighted by molar-refractivity contribution is 6.04. The van der Waals surface area contributed by atoms with Crippen molar-refractivity contribution in [1.82, 2.24) is 4.98 Å². The van der Waals surface area contributed by atoms with E-state index in [1.165, 1.54) is 18.2 Å². The molecule has 1 fully saturated rings. The van der Waals surface area contributed by atoms with Crippen LogP contribution in [0.15, 0.2) is 46.9 Å². The fraction of sp³-hybridized carbons (Fsp3) is 0.370. The maximum atomic E-state index is 13.1. The number of hydrogen-bond donors (Lipinski definition) is 3. The topological polar surface area (TPSA) is 137 Å². The van der Waals surface area contributed by atoms with Crippen molar-refractivity contribution in [3.8, 4) is 23.0 Å². The molecule has 1 aliphatic rings. The Balaban J connectivity index is 1.58. The van der Waals surface area contributed by atoms with E-state index in [4.69, 9.17) is 14.9 Å². The molecule has 38 heavy (non-hydrogen) atoms. The van der Waals surface area contributed by atoms with Gasteiger partial charge < -0.3 is 30.0 Å². The number of aromatic nitrogens is 1. The molecule has 1 heterocycles. The molecule has 1 aliphatic carbocycles. The van der Waals surface area contributed by atoms with Gasteiger partial charge in [0, 0.05) is 11.3 Å². The Morgan fingerprint density at radius 2 is 1.89 bits per heavy atom. The van der Waals surface area contributed by atoms with Crippen molar-refractivity contribution in [2.75, 3.05) is 11.9 Å². The van der Waals surface area contributed by atoms with Crippen molar-refractivity contribution in [2.45, 2.75) is 51.7 Å². The number of benzene rings is 2. The largest absolute Gasteiger partial charge is 0.489 e. The van der Waals surface area contributed by atoms with Crippen molar-refractivity contribution >= 4 is 17.6 Å². The quantitative estimate of drug-likeness (QED) is 0.276. The second-order valence-electron chi connectivity index (χ2n) is 9.19. The standard InChI is InChI=1S/C27H29F2N3O6/c1-3-19(26(34)35)16-6-9-18(10-7-16)31-24(33)22-23(14(2)30)38-25(32-22)17-8-11-20(37-27(28)29)21(12-17)36-13-15-4-5-15/h6-12,14-15,19,27H,3-5,13,30H2,1-2H3,(H,31,33)(H,34,35). The third kappa shape index (κ3) is 6.46. The molecule has 0 saturated heterocycles. The van der Waals surface area contributed by atoms with Crippen LogP contribution in [0.1, 0.15) is 66.9 Å². The van der Waals surface area contributed by atoms with Crippen LogP contribution in [0.5, 0.6) is 11.5 Å². The van der Waals surface area contributed by atoms with Crippen molar-refractivity contribution in [3.05, 3.63) is 59.5 Å². The highest BCUT2D eigenvalue weighted by Gasteiger charge is 2.26. The molecule has 2 aromatic carbocycles. The summed E-state index contributed by atoms with van der Waals surface area (Å²) in [6.45, 7) is 0.777. The van der Waals surface area contributed by atoms with Crippen molar-refractivity contribution in [1.29, 1.82) is 0 Å². The molecule has 2 unspecified atom stereocenters. The zero-order valence-electron chi connectivity index (χ0n) is 20.9. The molecule has 2 atom stereocenters. The molecule has 0 bridgehead atoms. The minimum absolute atomic E-state index is 0.0376. The summed E-state index contributed by atoms with van der Waals surface area (Å²) in [5.74, 6) is -1.55. The van der Waals surface area contributed by atoms with Gasteiger partial charge in [-0.2, -0.15) is 8.78 Å². The number of carbonyl (C=O) groups excluding carboxylic acids is 1. The summed E-state index contributed by atoms with van der Waals surface area (Å²) in [7, 11) is 0. The molecule has 11 heteroatoms. The number of nitrogens with zero attached hydrogens (tertiary/aromatic N) is 1. The number of oxazole rings is 1. The first-order valence-electron chi connectivity index (χ1n) is 12.3. The number of carboxylic acid groups (broad SMARTS) is 1. The number of carboxylic acids is 1. The van der Waals surface area contributed by atoms with Gasteiger partial charge in [0.2, 0.25) is 5.89 Å². The first-order valence-corrected chi connectivity index (χ1v) is 12.3. The van der Waals surface area contributed by atoms with Gasteiger partial charge in [-0.15, -0.1) is 0 Å². The minimum atomic E-state index is -3.02. The molecule has 1 saturated carbocycles. The van der Waals surface area contributed by atoms with Crippen LogP contribution in [0.25, 0.3) is 11.5 Å². The lowest BCUT2D eigenvalue weighted by atomic mass is 9.96. The molecule has 0 radical (unpaired) electrons. The van der Waals surface area contributed by atoms with Crippen LogP contribution in [0.2, 0.25) is 0 Å². The fourth-order valence-electron chi connectivity index (χ4n) is 3.91. The molecule has 4 rings (SSSR count). The van der Waals surface area contributed by atoms with Crippen LogP contribution < -0.4 is 20.5 Å². The summed E-state index contributed by atoms with van der Waals surface area (Å²) in [5.41, 5.74) is 7.44. The van der Waals surface area contributed by atoms with Crippen LogP contribution in [0.4, 0.5) is 14.5 Å². The van der Waals surface area contributed by atoms with Gasteiger partial charge in [0.1, 0.15) is 0 Å². The minimum Gasteiger partial charge on any atom is -0.489 e. The lowest BCUT2D eigenvalue weighted by Crippen LogP contribution is -2.17. The number of halogens is 2. The lowest BCUT2D eigenvalue weighted by molar-refractivity contribution is -0.138. The Morgan fingerprint density at radius 1 is 1.18 bits per heavy atom. The summed E-state index contributed by atoms with van der Waals surface area (Å²) >= 11 is 0. The van der Waals surface area contributed by atoms with E-state index >= 15 is 0 Å². The van der Waals surface area contributed by atoms with E-state index in [-0.39, 0.29) is 28.8 Å². The number of alkyl halides is 2. The van der Waals surface area contributed by atoms with Crippen LogP contribution in [0.3, 0.4) is 0 Å². The number of hydrogen-bond acceptors (Lipinski definition) is 7. The number of nitrogens with one attached hydrogen (secondary N) is 1. The number of rotatable bonds is 12. The fourth-order valence-corrected chi connectivity index (χ4v) is 3.91. The monoisotopic (exact) mass is 529 g/mol. The summed E-state index contributed by atoms with van der Waals surface area (Å²) < 4.78 is 41.9. The van der Waals surface area contributed by atoms with Crippen LogP contribution in [-0.2, 0) is 4.79 Å². The Labute approximate surface area is 217 Å². The zero-order chi connectivity index (χ0) is 27.4. The molecule has 1 aromatic heterocycles. The Morgan fingerprint density at radius 3 is 2.47 bits per heavy atom. The molecule has 0 aliphatic heterocycles. The maximum Gasteiger partial charge on any atom is 0.387 e. The van der Waals surface area contributed by atoms with E-state index in [0.29, 0.717) is 35.8 Å². The van der Waals surface area contributed by atoms with Crippen LogP contribution in [-0.4, -0.2) is 35.2 Å². The number of aliphatic carboxylic acids is 1.